The molecule has 8 nitrogen and oxygen atoms in total. The first-order valence-electron chi connectivity index (χ1n) is 26.3. The Bertz CT molecular complexity index is 1230. The summed E-state index contributed by atoms with van der Waals surface area (Å²) >= 11 is 0. The number of likely N-dealkylation sites (N-methyl/N-ethyl adjacent to an activating group) is 1. The van der Waals surface area contributed by atoms with Crippen LogP contribution in [0.15, 0.2) is 60.8 Å². The summed E-state index contributed by atoms with van der Waals surface area (Å²) in [6, 6.07) is -0.733. The molecule has 0 amide bonds. The van der Waals surface area contributed by atoms with Crippen molar-refractivity contribution in [1.82, 2.24) is 0 Å². The average Bonchev–Trinajstić information content (AvgIpc) is 3.26. The number of aliphatic carboxylic acids is 1. The van der Waals surface area contributed by atoms with E-state index in [0.717, 1.165) is 77.0 Å². The Morgan fingerprint density at radius 3 is 1.27 bits per heavy atom. The minimum atomic E-state index is -1.13. The van der Waals surface area contributed by atoms with Gasteiger partial charge in [-0.2, -0.15) is 0 Å². The molecule has 0 heterocycles. The molecule has 0 saturated heterocycles. The van der Waals surface area contributed by atoms with Gasteiger partial charge in [0, 0.05) is 19.3 Å². The van der Waals surface area contributed by atoms with Crippen LogP contribution in [0.1, 0.15) is 226 Å². The SMILES string of the molecule is CCCCC/C=C/C/C=C/C/C=C/C/C=C/CCCCCCCC(=O)OC(COCCC(C(=O)[O-])[N+](C)(C)C)COC(=O)CCCCCCCCC/C=C/CCCCCCCCCC. The highest BCUT2D eigenvalue weighted by molar-refractivity contribution is 5.70. The zero-order valence-electron chi connectivity index (χ0n) is 42.2. The number of esters is 2. The number of rotatable bonds is 47. The molecule has 0 aliphatic carbocycles. The van der Waals surface area contributed by atoms with Gasteiger partial charge in [-0.25, -0.2) is 0 Å². The second-order valence-corrected chi connectivity index (χ2v) is 18.8. The van der Waals surface area contributed by atoms with E-state index in [1.54, 1.807) is 21.1 Å². The van der Waals surface area contributed by atoms with Crippen molar-refractivity contribution < 1.29 is 38.2 Å². The molecule has 0 spiro atoms. The molecule has 0 aromatic carbocycles. The quantitative estimate of drug-likeness (QED) is 0.0259. The highest BCUT2D eigenvalue weighted by Crippen LogP contribution is 2.14. The average molecular weight is 898 g/mol. The molecule has 0 fully saturated rings. The number of carbonyl (C=O) groups is 3. The van der Waals surface area contributed by atoms with E-state index in [4.69, 9.17) is 14.2 Å². The molecule has 8 heteroatoms. The van der Waals surface area contributed by atoms with Gasteiger partial charge in [-0.15, -0.1) is 0 Å². The summed E-state index contributed by atoms with van der Waals surface area (Å²) in [6.07, 6.45) is 58.2. The lowest BCUT2D eigenvalue weighted by atomic mass is 10.1. The van der Waals surface area contributed by atoms with Gasteiger partial charge >= 0.3 is 11.9 Å². The maximum Gasteiger partial charge on any atom is 0.306 e. The Labute approximate surface area is 394 Å². The molecule has 0 bridgehead atoms. The van der Waals surface area contributed by atoms with Gasteiger partial charge in [-0.05, 0) is 83.5 Å². The molecular formula is C56H99NO7. The van der Waals surface area contributed by atoms with Crippen molar-refractivity contribution in [2.45, 2.75) is 238 Å². The van der Waals surface area contributed by atoms with Gasteiger partial charge < -0.3 is 28.6 Å². The van der Waals surface area contributed by atoms with Crippen molar-refractivity contribution >= 4 is 17.9 Å². The Morgan fingerprint density at radius 2 is 0.828 bits per heavy atom. The van der Waals surface area contributed by atoms with Crippen LogP contribution in [0.4, 0.5) is 0 Å². The fourth-order valence-electron chi connectivity index (χ4n) is 7.52. The standard InChI is InChI=1S/C56H99NO7/c1-6-8-10-12-14-16-18-20-22-24-26-27-29-31-33-35-37-39-41-43-45-47-55(59)64-52(50-62-49-48-53(56(60)61)57(3,4)5)51-63-54(58)46-44-42-40-38-36-34-32-30-28-25-23-21-19-17-15-13-11-9-7-2/h14,16,20,22,25-28,31,33,52-53H,6-13,15,17-19,21,23-24,29-30,32,34-51H2,1-5H3/b16-14+,22-20+,27-26+,28-25+,33-31+. The van der Waals surface area contributed by atoms with Gasteiger partial charge in [0.05, 0.1) is 40.3 Å². The third-order valence-electron chi connectivity index (χ3n) is 11.6. The van der Waals surface area contributed by atoms with Gasteiger partial charge in [0.25, 0.3) is 0 Å². The van der Waals surface area contributed by atoms with Crippen LogP contribution < -0.4 is 5.11 Å². The van der Waals surface area contributed by atoms with Crippen molar-refractivity contribution in [3.8, 4) is 0 Å². The lowest BCUT2D eigenvalue weighted by Crippen LogP contribution is -2.55. The van der Waals surface area contributed by atoms with Gasteiger partial charge in [0.2, 0.25) is 0 Å². The third-order valence-corrected chi connectivity index (χ3v) is 11.6. The van der Waals surface area contributed by atoms with Crippen molar-refractivity contribution in [1.29, 1.82) is 0 Å². The van der Waals surface area contributed by atoms with Gasteiger partial charge in [-0.3, -0.25) is 9.59 Å². The number of quaternary nitrogens is 1. The highest BCUT2D eigenvalue weighted by Gasteiger charge is 2.25. The topological polar surface area (TPSA) is 102 Å². The molecule has 370 valence electrons. The predicted molar refractivity (Wildman–Crippen MR) is 268 cm³/mol. The summed E-state index contributed by atoms with van der Waals surface area (Å²) in [5, 5.41) is 11.7. The monoisotopic (exact) mass is 898 g/mol. The lowest BCUT2D eigenvalue weighted by molar-refractivity contribution is -0.889. The lowest BCUT2D eigenvalue weighted by Gasteiger charge is -2.34. The first-order valence-corrected chi connectivity index (χ1v) is 26.3. The molecular weight excluding hydrogens is 799 g/mol. The van der Waals surface area contributed by atoms with Crippen molar-refractivity contribution in [2.24, 2.45) is 0 Å². The van der Waals surface area contributed by atoms with Crippen LogP contribution in [0, 0.1) is 0 Å². The number of carboxylic acids is 1. The van der Waals surface area contributed by atoms with Crippen LogP contribution in [0.3, 0.4) is 0 Å². The fraction of sp³-hybridized carbons (Fsp3) is 0.768. The van der Waals surface area contributed by atoms with E-state index in [9.17, 15) is 19.5 Å². The van der Waals surface area contributed by atoms with E-state index in [1.165, 1.54) is 116 Å². The van der Waals surface area contributed by atoms with E-state index in [-0.39, 0.29) is 42.7 Å². The zero-order chi connectivity index (χ0) is 47.0. The molecule has 0 aromatic rings. The van der Waals surface area contributed by atoms with E-state index in [2.05, 4.69) is 74.6 Å². The Kier molecular flexibility index (Phi) is 44.4. The summed E-state index contributed by atoms with van der Waals surface area (Å²) in [4.78, 5) is 37.1. The van der Waals surface area contributed by atoms with Crippen LogP contribution >= 0.6 is 0 Å². The number of allylic oxidation sites excluding steroid dienone is 10. The first kappa shape index (κ1) is 61.0. The maximum atomic E-state index is 12.8. The number of nitrogens with zero attached hydrogens (tertiary/aromatic N) is 1. The van der Waals surface area contributed by atoms with Gasteiger partial charge in [0.15, 0.2) is 6.10 Å². The number of hydrogen-bond donors (Lipinski definition) is 0. The van der Waals surface area contributed by atoms with Crippen molar-refractivity contribution in [3.05, 3.63) is 60.8 Å². The molecule has 0 aliphatic heterocycles. The minimum Gasteiger partial charge on any atom is -0.544 e. The largest absolute Gasteiger partial charge is 0.544 e. The number of ether oxygens (including phenoxy) is 3. The van der Waals surface area contributed by atoms with Crippen LogP contribution in [-0.2, 0) is 28.6 Å². The third kappa shape index (κ3) is 44.2. The summed E-state index contributed by atoms with van der Waals surface area (Å²) in [5.41, 5.74) is 0. The molecule has 0 N–H and O–H groups in total. The molecule has 0 aliphatic rings. The fourth-order valence-corrected chi connectivity index (χ4v) is 7.52. The molecule has 0 radical (unpaired) electrons. The molecule has 0 aromatic heterocycles. The molecule has 2 atom stereocenters. The van der Waals surface area contributed by atoms with Gasteiger partial charge in [-0.1, -0.05) is 184 Å². The summed E-state index contributed by atoms with van der Waals surface area (Å²) in [7, 11) is 5.41. The normalized spacial score (nSPS) is 13.3. The summed E-state index contributed by atoms with van der Waals surface area (Å²) in [6.45, 7) is 4.63. The zero-order valence-corrected chi connectivity index (χ0v) is 42.2. The minimum absolute atomic E-state index is 0.0302. The van der Waals surface area contributed by atoms with E-state index >= 15 is 0 Å². The van der Waals surface area contributed by atoms with Crippen molar-refractivity contribution in [2.75, 3.05) is 41.0 Å². The van der Waals surface area contributed by atoms with E-state index < -0.39 is 18.1 Å². The number of unbranched alkanes of at least 4 members (excludes halogenated alkanes) is 23. The van der Waals surface area contributed by atoms with Gasteiger partial charge in [0.1, 0.15) is 12.6 Å². The Morgan fingerprint density at radius 1 is 0.469 bits per heavy atom. The first-order chi connectivity index (χ1) is 31.1. The number of carboxylic acid groups (broad SMARTS) is 1. The second kappa shape index (κ2) is 46.6. The van der Waals surface area contributed by atoms with Crippen LogP contribution in [-0.4, -0.2) is 75.5 Å². The van der Waals surface area contributed by atoms with Crippen LogP contribution in [0.2, 0.25) is 0 Å². The molecule has 2 unspecified atom stereocenters. The van der Waals surface area contributed by atoms with E-state index in [0.29, 0.717) is 12.8 Å². The van der Waals surface area contributed by atoms with Crippen molar-refractivity contribution in [3.63, 3.8) is 0 Å². The molecule has 0 saturated carbocycles. The Balaban J connectivity index is 4.29. The highest BCUT2D eigenvalue weighted by atomic mass is 16.6. The summed E-state index contributed by atoms with van der Waals surface area (Å²) in [5.74, 6) is -1.76. The Hall–Kier alpha value is -2.97. The van der Waals surface area contributed by atoms with Crippen LogP contribution in [0.5, 0.6) is 0 Å². The molecule has 64 heavy (non-hydrogen) atoms. The smallest absolute Gasteiger partial charge is 0.306 e. The maximum absolute atomic E-state index is 12.8. The number of hydrogen-bond acceptors (Lipinski definition) is 7. The second-order valence-electron chi connectivity index (χ2n) is 18.8. The predicted octanol–water partition coefficient (Wildman–Crippen LogP) is 14.0. The summed E-state index contributed by atoms with van der Waals surface area (Å²) < 4.78 is 17.2. The molecule has 0 rings (SSSR count). The van der Waals surface area contributed by atoms with E-state index in [1.807, 2.05) is 0 Å². The van der Waals surface area contributed by atoms with Crippen LogP contribution in [0.25, 0.3) is 0 Å². The number of carbonyl (C=O) groups excluding carboxylic acids is 3.